The van der Waals surface area contributed by atoms with Crippen molar-refractivity contribution in [2.75, 3.05) is 25.2 Å². The molecule has 6 nitrogen and oxygen atoms in total. The Hall–Kier alpha value is -2.29. The molecule has 0 fully saturated rings. The highest BCUT2D eigenvalue weighted by molar-refractivity contribution is 7.99. The molecule has 3 aromatic rings. The molecule has 1 unspecified atom stereocenters. The Morgan fingerprint density at radius 2 is 2.15 bits per heavy atom. The van der Waals surface area contributed by atoms with Crippen molar-refractivity contribution < 1.29 is 14.6 Å². The van der Waals surface area contributed by atoms with Crippen LogP contribution in [0.15, 0.2) is 40.9 Å². The van der Waals surface area contributed by atoms with E-state index < -0.39 is 6.10 Å². The summed E-state index contributed by atoms with van der Waals surface area (Å²) in [5.74, 6) is 2.08. The van der Waals surface area contributed by atoms with Gasteiger partial charge in [0.2, 0.25) is 0 Å². The summed E-state index contributed by atoms with van der Waals surface area (Å²) >= 11 is 2.86. The first-order chi connectivity index (χ1) is 13.1. The predicted molar refractivity (Wildman–Crippen MR) is 112 cm³/mol. The first-order valence-electron chi connectivity index (χ1n) is 8.35. The van der Waals surface area contributed by atoms with Crippen LogP contribution in [-0.2, 0) is 0 Å². The summed E-state index contributed by atoms with van der Waals surface area (Å²) in [5, 5.41) is 13.6. The van der Waals surface area contributed by atoms with Crippen LogP contribution in [0, 0.1) is 0 Å². The van der Waals surface area contributed by atoms with Crippen LogP contribution in [0.4, 0.5) is 5.82 Å². The molecule has 142 valence electrons. The number of hydrogen-bond donors (Lipinski definition) is 2. The number of aliphatic hydroxyl groups excluding tert-OH is 1. The standard InChI is InChI=1S/C19H21N3O3S2/c1-3-4-12-5-6-15(16(9-12)24-2)25-10-13(23)11-27-19-21-17(20)14-7-8-26-18(14)22-19/h3-9,13,23H,10-11H2,1-2H3,(H2,20,21,22)/b4-3+. The lowest BCUT2D eigenvalue weighted by molar-refractivity contribution is 0.124. The lowest BCUT2D eigenvalue weighted by atomic mass is 10.2. The number of anilines is 1. The number of aromatic nitrogens is 2. The molecule has 0 spiro atoms. The molecule has 1 atom stereocenters. The van der Waals surface area contributed by atoms with Crippen molar-refractivity contribution in [2.24, 2.45) is 0 Å². The number of benzene rings is 1. The van der Waals surface area contributed by atoms with E-state index in [1.807, 2.05) is 48.7 Å². The highest BCUT2D eigenvalue weighted by Gasteiger charge is 2.12. The second kappa shape index (κ2) is 9.07. The minimum atomic E-state index is -0.682. The van der Waals surface area contributed by atoms with Crippen LogP contribution in [0.1, 0.15) is 12.5 Å². The lowest BCUT2D eigenvalue weighted by Crippen LogP contribution is -2.20. The van der Waals surface area contributed by atoms with E-state index in [0.717, 1.165) is 15.8 Å². The highest BCUT2D eigenvalue weighted by atomic mass is 32.2. The fraction of sp³-hybridized carbons (Fsp3) is 0.263. The average Bonchev–Trinajstić information content (AvgIpc) is 3.14. The Bertz CT molecular complexity index is 943. The van der Waals surface area contributed by atoms with E-state index in [4.69, 9.17) is 15.2 Å². The van der Waals surface area contributed by atoms with Gasteiger partial charge in [-0.2, -0.15) is 0 Å². The van der Waals surface area contributed by atoms with Crippen molar-refractivity contribution in [3.63, 3.8) is 0 Å². The second-order valence-corrected chi connectivity index (χ2v) is 7.60. The van der Waals surface area contributed by atoms with E-state index in [0.29, 0.717) is 28.2 Å². The number of nitrogens with zero attached hydrogens (tertiary/aromatic N) is 2. The van der Waals surface area contributed by atoms with Gasteiger partial charge in [0.15, 0.2) is 16.7 Å². The Balaban J connectivity index is 1.57. The zero-order valence-corrected chi connectivity index (χ0v) is 16.7. The maximum Gasteiger partial charge on any atom is 0.190 e. The number of thioether (sulfide) groups is 1. The largest absolute Gasteiger partial charge is 0.493 e. The second-order valence-electron chi connectivity index (χ2n) is 5.72. The summed E-state index contributed by atoms with van der Waals surface area (Å²) < 4.78 is 11.1. The van der Waals surface area contributed by atoms with Gasteiger partial charge in [-0.05, 0) is 36.1 Å². The van der Waals surface area contributed by atoms with E-state index in [2.05, 4.69) is 9.97 Å². The molecule has 2 heterocycles. The maximum atomic E-state index is 10.2. The maximum absolute atomic E-state index is 10.2. The molecule has 3 rings (SSSR count). The van der Waals surface area contributed by atoms with Gasteiger partial charge in [0.25, 0.3) is 0 Å². The van der Waals surface area contributed by atoms with Crippen molar-refractivity contribution in [3.05, 3.63) is 41.3 Å². The molecule has 0 aliphatic heterocycles. The van der Waals surface area contributed by atoms with Crippen LogP contribution in [0.25, 0.3) is 16.3 Å². The number of fused-ring (bicyclic) bond motifs is 1. The van der Waals surface area contributed by atoms with Crippen LogP contribution in [0.2, 0.25) is 0 Å². The number of aliphatic hydroxyl groups is 1. The fourth-order valence-electron chi connectivity index (χ4n) is 2.43. The van der Waals surface area contributed by atoms with Gasteiger partial charge in [0.05, 0.1) is 18.6 Å². The van der Waals surface area contributed by atoms with E-state index in [-0.39, 0.29) is 6.61 Å². The zero-order chi connectivity index (χ0) is 19.2. The first-order valence-corrected chi connectivity index (χ1v) is 10.2. The molecule has 2 aromatic heterocycles. The van der Waals surface area contributed by atoms with Crippen LogP contribution in [0.5, 0.6) is 11.5 Å². The Morgan fingerprint density at radius 3 is 2.93 bits per heavy atom. The smallest absolute Gasteiger partial charge is 0.190 e. The van der Waals surface area contributed by atoms with E-state index in [1.165, 1.54) is 23.1 Å². The number of thiophene rings is 1. The van der Waals surface area contributed by atoms with Crippen molar-refractivity contribution in [1.29, 1.82) is 0 Å². The summed E-state index contributed by atoms with van der Waals surface area (Å²) in [5.41, 5.74) is 6.97. The fourth-order valence-corrected chi connectivity index (χ4v) is 4.01. The Labute approximate surface area is 166 Å². The van der Waals surface area contributed by atoms with Gasteiger partial charge < -0.3 is 20.3 Å². The van der Waals surface area contributed by atoms with E-state index in [9.17, 15) is 5.11 Å². The van der Waals surface area contributed by atoms with Crippen LogP contribution in [0.3, 0.4) is 0 Å². The number of ether oxygens (including phenoxy) is 2. The molecule has 0 aliphatic carbocycles. The number of methoxy groups -OCH3 is 1. The summed E-state index contributed by atoms with van der Waals surface area (Å²) in [6.45, 7) is 2.10. The van der Waals surface area contributed by atoms with Crippen molar-refractivity contribution in [2.45, 2.75) is 18.2 Å². The van der Waals surface area contributed by atoms with Gasteiger partial charge in [-0.25, -0.2) is 9.97 Å². The summed E-state index contributed by atoms with van der Waals surface area (Å²) in [4.78, 5) is 9.58. The number of hydrogen-bond acceptors (Lipinski definition) is 8. The number of nitrogen functional groups attached to an aromatic ring is 1. The van der Waals surface area contributed by atoms with Gasteiger partial charge in [-0.1, -0.05) is 30.0 Å². The van der Waals surface area contributed by atoms with Gasteiger partial charge in [-0.3, -0.25) is 0 Å². The molecule has 0 aliphatic rings. The predicted octanol–water partition coefficient (Wildman–Crippen LogP) is 3.85. The molecule has 0 radical (unpaired) electrons. The van der Waals surface area contributed by atoms with E-state index in [1.54, 1.807) is 7.11 Å². The number of rotatable bonds is 8. The molecule has 8 heteroatoms. The minimum absolute atomic E-state index is 0.142. The van der Waals surface area contributed by atoms with Crippen LogP contribution < -0.4 is 15.2 Å². The quantitative estimate of drug-likeness (QED) is 0.436. The summed E-state index contributed by atoms with van der Waals surface area (Å²) in [7, 11) is 1.59. The van der Waals surface area contributed by atoms with Crippen molar-refractivity contribution in [3.8, 4) is 11.5 Å². The average molecular weight is 404 g/mol. The van der Waals surface area contributed by atoms with Gasteiger partial charge >= 0.3 is 0 Å². The van der Waals surface area contributed by atoms with Gasteiger partial charge in [0.1, 0.15) is 17.3 Å². The lowest BCUT2D eigenvalue weighted by Gasteiger charge is -2.14. The molecule has 0 saturated carbocycles. The Kier molecular flexibility index (Phi) is 6.54. The third-order valence-corrected chi connectivity index (χ3v) is 5.52. The number of nitrogens with two attached hydrogens (primary N) is 1. The highest BCUT2D eigenvalue weighted by Crippen LogP contribution is 2.29. The molecule has 27 heavy (non-hydrogen) atoms. The monoisotopic (exact) mass is 403 g/mol. The number of allylic oxidation sites excluding steroid dienone is 1. The molecule has 0 amide bonds. The molecule has 0 saturated heterocycles. The van der Waals surface area contributed by atoms with Gasteiger partial charge in [0, 0.05) is 5.75 Å². The Morgan fingerprint density at radius 1 is 1.30 bits per heavy atom. The van der Waals surface area contributed by atoms with E-state index >= 15 is 0 Å². The molecule has 0 bridgehead atoms. The normalized spacial score (nSPS) is 12.6. The van der Waals surface area contributed by atoms with Crippen molar-refractivity contribution >= 4 is 45.2 Å². The molecular formula is C19H21N3O3S2. The summed E-state index contributed by atoms with van der Waals surface area (Å²) in [6.07, 6.45) is 3.26. The molecule has 3 N–H and O–H groups in total. The molecule has 1 aromatic carbocycles. The first kappa shape index (κ1) is 19.5. The van der Waals surface area contributed by atoms with Crippen molar-refractivity contribution in [1.82, 2.24) is 9.97 Å². The molecular weight excluding hydrogens is 382 g/mol. The topological polar surface area (TPSA) is 90.5 Å². The van der Waals surface area contributed by atoms with Gasteiger partial charge in [-0.15, -0.1) is 11.3 Å². The SMILES string of the molecule is C/C=C/c1ccc(OCC(O)CSc2nc(N)c3ccsc3n2)c(OC)c1. The summed E-state index contributed by atoms with van der Waals surface area (Å²) in [6, 6.07) is 7.57. The van der Waals surface area contributed by atoms with Crippen LogP contribution >= 0.6 is 23.1 Å². The third-order valence-electron chi connectivity index (χ3n) is 3.72. The van der Waals surface area contributed by atoms with Crippen LogP contribution in [-0.4, -0.2) is 40.6 Å². The zero-order valence-electron chi connectivity index (χ0n) is 15.1. The minimum Gasteiger partial charge on any atom is -0.493 e. The third kappa shape index (κ3) is 4.91.